The minimum absolute atomic E-state index is 0.0548. The first-order valence-electron chi connectivity index (χ1n) is 8.88. The maximum Gasteiger partial charge on any atom is 0.649 e. The van der Waals surface area contributed by atoms with Crippen LogP contribution in [-0.2, 0) is 18.7 Å². The van der Waals surface area contributed by atoms with Gasteiger partial charge in [-0.05, 0) is 37.1 Å². The number of hydrogen-bond acceptors (Lipinski definition) is 6. The van der Waals surface area contributed by atoms with E-state index < -0.39 is 31.9 Å². The molecular formula is C19H17F3NO6P. The highest BCUT2D eigenvalue weighted by molar-refractivity contribution is 7.50. The SMILES string of the molecule is O=C(OP(=O)(Oc1ccccc1)Oc1ccccc1)[C@@H]1CCCN1C(=O)C(F)(F)F. The van der Waals surface area contributed by atoms with Crippen LogP contribution in [0.1, 0.15) is 12.8 Å². The van der Waals surface area contributed by atoms with Crippen molar-refractivity contribution in [3.63, 3.8) is 0 Å². The Balaban J connectivity index is 1.82. The monoisotopic (exact) mass is 443 g/mol. The number of phosphoric ester groups is 1. The molecule has 0 N–H and O–H groups in total. The summed E-state index contributed by atoms with van der Waals surface area (Å²) in [7, 11) is -4.64. The Morgan fingerprint density at radius 3 is 1.90 bits per heavy atom. The van der Waals surface area contributed by atoms with E-state index in [1.165, 1.54) is 24.3 Å². The average molecular weight is 443 g/mol. The summed E-state index contributed by atoms with van der Waals surface area (Å²) in [5.74, 6) is -3.36. The normalized spacial score (nSPS) is 16.8. The van der Waals surface area contributed by atoms with Gasteiger partial charge in [0, 0.05) is 6.54 Å². The van der Waals surface area contributed by atoms with Gasteiger partial charge < -0.3 is 18.5 Å². The maximum atomic E-state index is 13.2. The number of likely N-dealkylation sites (tertiary alicyclic amines) is 1. The fraction of sp³-hybridized carbons (Fsp3) is 0.263. The van der Waals surface area contributed by atoms with Crippen molar-refractivity contribution >= 4 is 19.7 Å². The second-order valence-corrected chi connectivity index (χ2v) is 7.76. The minimum atomic E-state index is -5.15. The van der Waals surface area contributed by atoms with E-state index in [2.05, 4.69) is 0 Å². The van der Waals surface area contributed by atoms with E-state index in [-0.39, 0.29) is 30.9 Å². The molecule has 0 unspecified atom stereocenters. The fourth-order valence-corrected chi connectivity index (χ4v) is 4.08. The lowest BCUT2D eigenvalue weighted by atomic mass is 10.2. The average Bonchev–Trinajstić information content (AvgIpc) is 3.17. The van der Waals surface area contributed by atoms with Crippen LogP contribution >= 0.6 is 7.82 Å². The second-order valence-electron chi connectivity index (χ2n) is 6.32. The van der Waals surface area contributed by atoms with E-state index in [1.54, 1.807) is 36.4 Å². The third-order valence-electron chi connectivity index (χ3n) is 4.15. The summed E-state index contributed by atoms with van der Waals surface area (Å²) < 4.78 is 67.1. The predicted molar refractivity (Wildman–Crippen MR) is 98.6 cm³/mol. The molecule has 1 aliphatic heterocycles. The highest BCUT2D eigenvalue weighted by Crippen LogP contribution is 2.50. The number of hydrogen-bond donors (Lipinski definition) is 0. The predicted octanol–water partition coefficient (Wildman–Crippen LogP) is 4.35. The molecule has 30 heavy (non-hydrogen) atoms. The Bertz CT molecular complexity index is 893. The first kappa shape index (κ1) is 21.7. The molecule has 0 radical (unpaired) electrons. The molecule has 1 amide bonds. The molecule has 160 valence electrons. The van der Waals surface area contributed by atoms with Crippen LogP contribution in [0.15, 0.2) is 60.7 Å². The van der Waals surface area contributed by atoms with Crippen molar-refractivity contribution in [1.82, 2.24) is 4.90 Å². The summed E-state index contributed by atoms with van der Waals surface area (Å²) in [6.07, 6.45) is -5.06. The third kappa shape index (κ3) is 5.33. The van der Waals surface area contributed by atoms with Crippen LogP contribution < -0.4 is 9.05 Å². The Morgan fingerprint density at radius 2 is 1.43 bits per heavy atom. The number of amides is 1. The number of rotatable bonds is 6. The number of carbonyl (C=O) groups excluding carboxylic acids is 2. The first-order valence-corrected chi connectivity index (χ1v) is 10.3. The number of para-hydroxylation sites is 2. The van der Waals surface area contributed by atoms with Gasteiger partial charge in [-0.3, -0.25) is 4.79 Å². The van der Waals surface area contributed by atoms with Gasteiger partial charge in [0.15, 0.2) is 0 Å². The van der Waals surface area contributed by atoms with Gasteiger partial charge in [0.25, 0.3) is 0 Å². The van der Waals surface area contributed by atoms with Crippen LogP contribution in [0.5, 0.6) is 11.5 Å². The van der Waals surface area contributed by atoms with Gasteiger partial charge in [-0.1, -0.05) is 36.4 Å². The summed E-state index contributed by atoms with van der Waals surface area (Å²) in [4.78, 5) is 24.5. The van der Waals surface area contributed by atoms with Crippen LogP contribution in [0, 0.1) is 0 Å². The summed E-state index contributed by atoms with van der Waals surface area (Å²) >= 11 is 0. The maximum absolute atomic E-state index is 13.2. The van der Waals surface area contributed by atoms with Gasteiger partial charge in [0.2, 0.25) is 0 Å². The van der Waals surface area contributed by atoms with E-state index in [4.69, 9.17) is 13.6 Å². The molecule has 1 fully saturated rings. The van der Waals surface area contributed by atoms with Crippen molar-refractivity contribution in [2.75, 3.05) is 6.54 Å². The topological polar surface area (TPSA) is 82.1 Å². The van der Waals surface area contributed by atoms with Crippen LogP contribution in [0.2, 0.25) is 0 Å². The fourth-order valence-electron chi connectivity index (χ4n) is 2.87. The molecule has 2 aromatic rings. The Hall–Kier alpha value is -3.00. The molecule has 1 heterocycles. The molecule has 0 saturated carbocycles. The van der Waals surface area contributed by atoms with Gasteiger partial charge in [0.05, 0.1) is 0 Å². The highest BCUT2D eigenvalue weighted by atomic mass is 31.2. The van der Waals surface area contributed by atoms with Crippen LogP contribution in [-0.4, -0.2) is 35.5 Å². The number of alkyl halides is 3. The van der Waals surface area contributed by atoms with E-state index in [1.807, 2.05) is 0 Å². The van der Waals surface area contributed by atoms with Crippen LogP contribution in [0.4, 0.5) is 13.2 Å². The number of phosphoric acid groups is 1. The largest absolute Gasteiger partial charge is 0.649 e. The molecule has 11 heteroatoms. The Morgan fingerprint density at radius 1 is 0.933 bits per heavy atom. The molecule has 0 spiro atoms. The zero-order valence-corrected chi connectivity index (χ0v) is 16.3. The number of carbonyl (C=O) groups is 2. The van der Waals surface area contributed by atoms with Crippen LogP contribution in [0.25, 0.3) is 0 Å². The zero-order chi connectivity index (χ0) is 21.8. The van der Waals surface area contributed by atoms with E-state index >= 15 is 0 Å². The van der Waals surface area contributed by atoms with Crippen LogP contribution in [0.3, 0.4) is 0 Å². The van der Waals surface area contributed by atoms with Gasteiger partial charge in [-0.15, -0.1) is 0 Å². The quantitative estimate of drug-likeness (QED) is 0.618. The number of nitrogens with zero attached hydrogens (tertiary/aromatic N) is 1. The van der Waals surface area contributed by atoms with Crippen molar-refractivity contribution in [3.8, 4) is 11.5 Å². The molecule has 0 aromatic heterocycles. The minimum Gasteiger partial charge on any atom is -0.386 e. The zero-order valence-electron chi connectivity index (χ0n) is 15.4. The Kier molecular flexibility index (Phi) is 6.36. The van der Waals surface area contributed by atoms with E-state index in [9.17, 15) is 27.3 Å². The number of halogens is 3. The molecule has 7 nitrogen and oxygen atoms in total. The van der Waals surface area contributed by atoms with Gasteiger partial charge in [0.1, 0.15) is 17.5 Å². The lowest BCUT2D eigenvalue weighted by Gasteiger charge is -2.25. The molecular weight excluding hydrogens is 426 g/mol. The van der Waals surface area contributed by atoms with Gasteiger partial charge >= 0.3 is 25.9 Å². The molecule has 0 bridgehead atoms. The molecule has 1 atom stereocenters. The van der Waals surface area contributed by atoms with Crippen molar-refractivity contribution in [2.45, 2.75) is 25.1 Å². The first-order chi connectivity index (χ1) is 14.2. The Labute approximate surface area is 170 Å². The van der Waals surface area contributed by atoms with Crippen molar-refractivity contribution in [2.24, 2.45) is 0 Å². The smallest absolute Gasteiger partial charge is 0.386 e. The molecule has 3 rings (SSSR count). The molecule has 2 aromatic carbocycles. The number of benzene rings is 2. The summed E-state index contributed by atoms with van der Waals surface area (Å²) in [5.41, 5.74) is 0. The molecule has 0 aliphatic carbocycles. The van der Waals surface area contributed by atoms with Gasteiger partial charge in [-0.2, -0.15) is 17.7 Å². The third-order valence-corrected chi connectivity index (χ3v) is 5.42. The standard InChI is InChI=1S/C19H17F3NO6P/c20-19(21,22)18(25)23-13-7-12-16(23)17(24)29-30(26,27-14-8-3-1-4-9-14)28-15-10-5-2-6-11-15/h1-6,8-11,16H,7,12-13H2/t16-/m0/s1. The second kappa shape index (κ2) is 8.79. The molecule has 1 saturated heterocycles. The van der Waals surface area contributed by atoms with Crippen molar-refractivity contribution in [3.05, 3.63) is 60.7 Å². The lowest BCUT2D eigenvalue weighted by molar-refractivity contribution is -0.187. The van der Waals surface area contributed by atoms with E-state index in [0.717, 1.165) is 0 Å². The summed E-state index contributed by atoms with van der Waals surface area (Å²) in [6, 6.07) is 13.8. The van der Waals surface area contributed by atoms with E-state index in [0.29, 0.717) is 4.90 Å². The highest BCUT2D eigenvalue weighted by Gasteiger charge is 2.49. The van der Waals surface area contributed by atoms with Crippen molar-refractivity contribution in [1.29, 1.82) is 0 Å². The van der Waals surface area contributed by atoms with Gasteiger partial charge in [-0.25, -0.2) is 4.79 Å². The van der Waals surface area contributed by atoms with Crippen molar-refractivity contribution < 1.29 is 40.9 Å². The summed E-state index contributed by atoms with van der Waals surface area (Å²) in [6.45, 7) is -0.276. The molecule has 1 aliphatic rings. The summed E-state index contributed by atoms with van der Waals surface area (Å²) in [5, 5.41) is 0. The lowest BCUT2D eigenvalue weighted by Crippen LogP contribution is -2.47.